The summed E-state index contributed by atoms with van der Waals surface area (Å²) in [7, 11) is 0. The van der Waals surface area contributed by atoms with Crippen molar-refractivity contribution in [3.63, 3.8) is 0 Å². The summed E-state index contributed by atoms with van der Waals surface area (Å²) >= 11 is 0. The fraction of sp³-hybridized carbons (Fsp3) is 0.613. The molecule has 3 heterocycles. The van der Waals surface area contributed by atoms with Crippen LogP contribution >= 0.6 is 0 Å². The van der Waals surface area contributed by atoms with E-state index in [1.54, 1.807) is 17.2 Å². The first-order valence-electron chi connectivity index (χ1n) is 15.2. The van der Waals surface area contributed by atoms with Crippen LogP contribution in [0.15, 0.2) is 35.4 Å². The third-order valence-electron chi connectivity index (χ3n) is 10.9. The van der Waals surface area contributed by atoms with Gasteiger partial charge in [0.05, 0.1) is 11.9 Å². The average molecular weight is 597 g/mol. The maximum atomic E-state index is 14.3. The molecule has 226 valence electrons. The van der Waals surface area contributed by atoms with Crippen LogP contribution in [-0.2, 0) is 16.4 Å². The van der Waals surface area contributed by atoms with Gasteiger partial charge in [-0.1, -0.05) is 5.16 Å². The van der Waals surface area contributed by atoms with E-state index in [2.05, 4.69) is 20.1 Å². The minimum Gasteiger partial charge on any atom is -0.339 e. The van der Waals surface area contributed by atoms with E-state index in [1.807, 2.05) is 0 Å². The second kappa shape index (κ2) is 9.04. The zero-order valence-corrected chi connectivity index (χ0v) is 23.7. The van der Waals surface area contributed by atoms with Crippen molar-refractivity contribution in [1.29, 1.82) is 0 Å². The highest BCUT2D eigenvalue weighted by Crippen LogP contribution is 2.71. The Hall–Kier alpha value is -3.44. The number of halogens is 4. The summed E-state index contributed by atoms with van der Waals surface area (Å²) in [5.41, 5.74) is -0.0995. The molecule has 43 heavy (non-hydrogen) atoms. The van der Waals surface area contributed by atoms with Gasteiger partial charge in [-0.3, -0.25) is 9.78 Å². The second-order valence-corrected chi connectivity index (χ2v) is 14.1. The van der Waals surface area contributed by atoms with Gasteiger partial charge in [0.15, 0.2) is 5.82 Å². The first-order valence-corrected chi connectivity index (χ1v) is 15.2. The highest BCUT2D eigenvalue weighted by atomic mass is 19.4. The Labute approximate surface area is 245 Å². The number of nitrogens with zero attached hydrogens (tertiary/aromatic N) is 6. The number of hydrogen-bond acceptors (Lipinski definition) is 7. The van der Waals surface area contributed by atoms with Gasteiger partial charge in [0.2, 0.25) is 17.6 Å². The van der Waals surface area contributed by atoms with Crippen molar-refractivity contribution in [1.82, 2.24) is 25.1 Å². The molecule has 0 aliphatic heterocycles. The van der Waals surface area contributed by atoms with Gasteiger partial charge in [-0.2, -0.15) is 18.2 Å². The number of amides is 1. The van der Waals surface area contributed by atoms with E-state index < -0.39 is 17.7 Å². The molecule has 12 heteroatoms. The van der Waals surface area contributed by atoms with Gasteiger partial charge in [-0.25, -0.2) is 14.4 Å². The highest BCUT2D eigenvalue weighted by Gasteiger charge is 2.69. The Morgan fingerprint density at radius 1 is 0.930 bits per heavy atom. The smallest absolute Gasteiger partial charge is 0.339 e. The van der Waals surface area contributed by atoms with Crippen LogP contribution < -0.4 is 4.90 Å². The van der Waals surface area contributed by atoms with E-state index in [4.69, 9.17) is 9.51 Å². The predicted molar refractivity (Wildman–Crippen MR) is 145 cm³/mol. The number of hydrogen-bond donors (Lipinski definition) is 0. The van der Waals surface area contributed by atoms with Crippen LogP contribution in [0.2, 0.25) is 0 Å². The fourth-order valence-electron chi connectivity index (χ4n) is 8.26. The Morgan fingerprint density at radius 2 is 1.60 bits per heavy atom. The zero-order valence-electron chi connectivity index (χ0n) is 23.7. The lowest BCUT2D eigenvalue weighted by molar-refractivity contribution is -0.215. The van der Waals surface area contributed by atoms with Crippen molar-refractivity contribution < 1.29 is 26.9 Å². The van der Waals surface area contributed by atoms with E-state index in [0.717, 1.165) is 75.5 Å². The number of pyridine rings is 1. The van der Waals surface area contributed by atoms with E-state index >= 15 is 0 Å². The molecular weight excluding hydrogens is 564 g/mol. The van der Waals surface area contributed by atoms with Crippen LogP contribution in [-0.4, -0.2) is 43.2 Å². The Bertz CT molecular complexity index is 1540. The zero-order chi connectivity index (χ0) is 29.7. The first-order chi connectivity index (χ1) is 20.5. The number of aromatic nitrogens is 5. The maximum absolute atomic E-state index is 14.3. The number of carbonyl (C=O) groups is 1. The summed E-state index contributed by atoms with van der Waals surface area (Å²) in [4.78, 5) is 31.9. The van der Waals surface area contributed by atoms with Crippen molar-refractivity contribution in [2.75, 3.05) is 11.4 Å². The number of alkyl halides is 4. The average Bonchev–Trinajstić information content (AvgIpc) is 3.70. The number of anilines is 1. The molecular formula is C31H32F4N6O2. The molecule has 3 aromatic heterocycles. The van der Waals surface area contributed by atoms with Gasteiger partial charge in [0.1, 0.15) is 5.67 Å². The lowest BCUT2D eigenvalue weighted by atomic mass is 9.41. The van der Waals surface area contributed by atoms with E-state index in [-0.39, 0.29) is 28.6 Å². The molecule has 0 spiro atoms. The highest BCUT2D eigenvalue weighted by molar-refractivity contribution is 5.94. The standard InChI is InChI=1S/C31H32F4N6O2/c32-30-15-28(16-30,17-30)10-23(42)41(22-9-20(11-36-14-22)21-12-37-25(38-13-21)31(33,34)35)18-27-3-6-29(7-4-27,8-5-27)26-39-24(40-43-26)19-1-2-19/h9,11-14,19H,1-8,10,15-18H2. The lowest BCUT2D eigenvalue weighted by Crippen LogP contribution is -2.65. The molecule has 7 fully saturated rings. The summed E-state index contributed by atoms with van der Waals surface area (Å²) in [6.45, 7) is 0.505. The topological polar surface area (TPSA) is 97.9 Å². The van der Waals surface area contributed by atoms with Crippen LogP contribution in [0, 0.1) is 10.8 Å². The summed E-state index contributed by atoms with van der Waals surface area (Å²) in [5.74, 6) is 0.752. The first kappa shape index (κ1) is 27.1. The largest absolute Gasteiger partial charge is 0.451 e. The third-order valence-corrected chi connectivity index (χ3v) is 10.9. The van der Waals surface area contributed by atoms with E-state index in [1.165, 1.54) is 6.20 Å². The minimum atomic E-state index is -4.64. The summed E-state index contributed by atoms with van der Waals surface area (Å²) in [6.07, 6.45) is 10.0. The van der Waals surface area contributed by atoms with Crippen molar-refractivity contribution in [3.8, 4) is 11.1 Å². The molecule has 0 radical (unpaired) electrons. The van der Waals surface area contributed by atoms with Gasteiger partial charge in [-0.15, -0.1) is 0 Å². The van der Waals surface area contributed by atoms with Gasteiger partial charge in [0.25, 0.3) is 0 Å². The van der Waals surface area contributed by atoms with Crippen LogP contribution in [0.1, 0.15) is 101 Å². The molecule has 3 aromatic rings. The summed E-state index contributed by atoms with van der Waals surface area (Å²) in [5, 5.41) is 4.26. The molecule has 0 atom stereocenters. The van der Waals surface area contributed by atoms with Crippen molar-refractivity contribution >= 4 is 11.6 Å². The van der Waals surface area contributed by atoms with Crippen LogP contribution in [0.5, 0.6) is 0 Å². The van der Waals surface area contributed by atoms with Gasteiger partial charge in [-0.05, 0) is 87.5 Å². The van der Waals surface area contributed by atoms with Crippen LogP contribution in [0.3, 0.4) is 0 Å². The molecule has 7 aliphatic carbocycles. The summed E-state index contributed by atoms with van der Waals surface area (Å²) < 4.78 is 59.1. The third kappa shape index (κ3) is 4.63. The molecule has 0 N–H and O–H groups in total. The Morgan fingerprint density at radius 3 is 2.21 bits per heavy atom. The minimum absolute atomic E-state index is 0.0628. The quantitative estimate of drug-likeness (QED) is 0.266. The van der Waals surface area contributed by atoms with Gasteiger partial charge >= 0.3 is 6.18 Å². The normalized spacial score (nSPS) is 32.7. The number of carbonyl (C=O) groups excluding carboxylic acids is 1. The van der Waals surface area contributed by atoms with Crippen molar-refractivity contribution in [2.45, 2.75) is 100 Å². The van der Waals surface area contributed by atoms with Crippen molar-refractivity contribution in [3.05, 3.63) is 48.4 Å². The Kier molecular flexibility index (Phi) is 5.71. The molecule has 10 rings (SSSR count). The summed E-state index contributed by atoms with van der Waals surface area (Å²) in [6, 6.07) is 1.76. The molecule has 4 bridgehead atoms. The van der Waals surface area contributed by atoms with Gasteiger partial charge in [0, 0.05) is 54.0 Å². The fourth-order valence-corrected chi connectivity index (χ4v) is 8.26. The van der Waals surface area contributed by atoms with E-state index in [0.29, 0.717) is 48.5 Å². The molecule has 8 nitrogen and oxygen atoms in total. The van der Waals surface area contributed by atoms with Crippen molar-refractivity contribution in [2.24, 2.45) is 10.8 Å². The molecule has 0 aromatic carbocycles. The molecule has 0 saturated heterocycles. The SMILES string of the molecule is O=C(CC12CC(F)(C1)C2)N(CC12CCC(c3nc(C4CC4)no3)(CC1)CC2)c1cncc(-c2cnc(C(F)(F)F)nc2)c1. The maximum Gasteiger partial charge on any atom is 0.451 e. The van der Waals surface area contributed by atoms with Gasteiger partial charge < -0.3 is 9.42 Å². The monoisotopic (exact) mass is 596 g/mol. The molecule has 7 aliphatic rings. The number of fused-ring (bicyclic) bond motifs is 3. The van der Waals surface area contributed by atoms with E-state index in [9.17, 15) is 22.4 Å². The number of rotatable bonds is 8. The lowest BCUT2D eigenvalue weighted by Gasteiger charge is -2.66. The predicted octanol–water partition coefficient (Wildman–Crippen LogP) is 6.73. The molecule has 7 saturated carbocycles. The Balaban J connectivity index is 1.05. The molecule has 0 unspecified atom stereocenters. The van der Waals surface area contributed by atoms with Crippen LogP contribution in [0.4, 0.5) is 23.2 Å². The second-order valence-electron chi connectivity index (χ2n) is 14.1. The molecule has 1 amide bonds. The van der Waals surface area contributed by atoms with Crippen LogP contribution in [0.25, 0.3) is 11.1 Å².